The van der Waals surface area contributed by atoms with Gasteiger partial charge in [-0.05, 0) is 41.1 Å². The summed E-state index contributed by atoms with van der Waals surface area (Å²) in [5, 5.41) is 8.40. The van der Waals surface area contributed by atoms with Gasteiger partial charge in [-0.25, -0.2) is 0 Å². The molecule has 0 aliphatic rings. The third-order valence-corrected chi connectivity index (χ3v) is 5.79. The van der Waals surface area contributed by atoms with Gasteiger partial charge in [0.25, 0.3) is 0 Å². The molecule has 0 fully saturated rings. The van der Waals surface area contributed by atoms with Crippen LogP contribution in [-0.2, 0) is 0 Å². The molecule has 0 aliphatic heterocycles. The quantitative estimate of drug-likeness (QED) is 0.339. The normalized spacial score (nSPS) is 11.6. The minimum Gasteiger partial charge on any atom is -0.456 e. The van der Waals surface area contributed by atoms with Crippen molar-refractivity contribution in [2.24, 2.45) is 0 Å². The average molecular weight is 395 g/mol. The second kappa shape index (κ2) is 7.10. The van der Waals surface area contributed by atoms with Crippen LogP contribution in [0.25, 0.3) is 32.7 Å². The second-order valence-corrected chi connectivity index (χ2v) is 8.43. The third kappa shape index (κ3) is 3.07. The standard InChI is InChI=1S/C27H26N2O/c1-17(2)19-9-12-22-23-13-11-20(16-26(23)30-25(22)15-19)28-24-14-10-18-7-5-6-8-21(18)27(24)29(3)4/h5-17,28H,1-4H3. The van der Waals surface area contributed by atoms with E-state index in [0.717, 1.165) is 27.9 Å². The molecule has 4 aromatic carbocycles. The maximum atomic E-state index is 6.22. The molecule has 0 saturated carbocycles. The lowest BCUT2D eigenvalue weighted by Crippen LogP contribution is -2.11. The summed E-state index contributed by atoms with van der Waals surface area (Å²) in [6, 6.07) is 25.7. The second-order valence-electron chi connectivity index (χ2n) is 8.43. The van der Waals surface area contributed by atoms with Crippen molar-refractivity contribution in [1.82, 2.24) is 0 Å². The van der Waals surface area contributed by atoms with Crippen LogP contribution in [0.3, 0.4) is 0 Å². The molecule has 0 spiro atoms. The van der Waals surface area contributed by atoms with Crippen LogP contribution >= 0.6 is 0 Å². The Hall–Kier alpha value is -3.46. The molecule has 30 heavy (non-hydrogen) atoms. The Morgan fingerprint density at radius 1 is 0.767 bits per heavy atom. The van der Waals surface area contributed by atoms with E-state index in [-0.39, 0.29) is 0 Å². The fourth-order valence-corrected chi connectivity index (χ4v) is 4.22. The number of nitrogens with one attached hydrogen (secondary N) is 1. The monoisotopic (exact) mass is 394 g/mol. The van der Waals surface area contributed by atoms with Crippen molar-refractivity contribution in [3.05, 3.63) is 78.4 Å². The smallest absolute Gasteiger partial charge is 0.137 e. The molecule has 1 aromatic heterocycles. The molecule has 0 bridgehead atoms. The topological polar surface area (TPSA) is 28.4 Å². The Kier molecular flexibility index (Phi) is 4.39. The average Bonchev–Trinajstić information content (AvgIpc) is 3.10. The fraction of sp³-hybridized carbons (Fsp3) is 0.185. The molecule has 0 amide bonds. The number of benzene rings is 4. The fourth-order valence-electron chi connectivity index (χ4n) is 4.22. The van der Waals surface area contributed by atoms with Crippen molar-refractivity contribution in [3.8, 4) is 0 Å². The molecule has 5 rings (SSSR count). The third-order valence-electron chi connectivity index (χ3n) is 5.79. The summed E-state index contributed by atoms with van der Waals surface area (Å²) < 4.78 is 6.22. The Morgan fingerprint density at radius 3 is 2.27 bits per heavy atom. The van der Waals surface area contributed by atoms with Crippen molar-refractivity contribution >= 4 is 49.8 Å². The number of rotatable bonds is 4. The lowest BCUT2D eigenvalue weighted by atomic mass is 10.0. The summed E-state index contributed by atoms with van der Waals surface area (Å²) in [6.07, 6.45) is 0. The number of furan rings is 1. The van der Waals surface area contributed by atoms with E-state index in [2.05, 4.69) is 111 Å². The largest absolute Gasteiger partial charge is 0.456 e. The van der Waals surface area contributed by atoms with Crippen molar-refractivity contribution < 1.29 is 4.42 Å². The summed E-state index contributed by atoms with van der Waals surface area (Å²) >= 11 is 0. The van der Waals surface area contributed by atoms with Crippen LogP contribution in [0.15, 0.2) is 77.2 Å². The lowest BCUT2D eigenvalue weighted by molar-refractivity contribution is 0.667. The van der Waals surface area contributed by atoms with Crippen molar-refractivity contribution in [3.63, 3.8) is 0 Å². The van der Waals surface area contributed by atoms with Gasteiger partial charge in [-0.15, -0.1) is 0 Å². The van der Waals surface area contributed by atoms with Gasteiger partial charge in [0.2, 0.25) is 0 Å². The van der Waals surface area contributed by atoms with Gasteiger partial charge in [0.1, 0.15) is 11.2 Å². The SMILES string of the molecule is CC(C)c1ccc2c(c1)oc1cc(Nc3ccc4ccccc4c3N(C)C)ccc12. The van der Waals surface area contributed by atoms with E-state index in [0.29, 0.717) is 5.92 Å². The van der Waals surface area contributed by atoms with Crippen LogP contribution in [0.1, 0.15) is 25.3 Å². The van der Waals surface area contributed by atoms with Gasteiger partial charge in [-0.1, -0.05) is 56.3 Å². The summed E-state index contributed by atoms with van der Waals surface area (Å²) in [4.78, 5) is 2.16. The van der Waals surface area contributed by atoms with E-state index in [9.17, 15) is 0 Å². The Balaban J connectivity index is 1.59. The zero-order valence-corrected chi connectivity index (χ0v) is 17.9. The minimum absolute atomic E-state index is 0.484. The van der Waals surface area contributed by atoms with Crippen LogP contribution < -0.4 is 10.2 Å². The molecule has 1 N–H and O–H groups in total. The Morgan fingerprint density at radius 2 is 1.50 bits per heavy atom. The molecule has 3 nitrogen and oxygen atoms in total. The Bertz CT molecular complexity index is 1380. The molecular formula is C27H26N2O. The molecule has 0 unspecified atom stereocenters. The molecule has 0 saturated heterocycles. The summed E-state index contributed by atoms with van der Waals surface area (Å²) in [7, 11) is 4.17. The highest BCUT2D eigenvalue weighted by atomic mass is 16.3. The molecule has 3 heteroatoms. The van der Waals surface area contributed by atoms with E-state index in [1.807, 2.05) is 0 Å². The zero-order chi connectivity index (χ0) is 20.8. The number of anilines is 3. The summed E-state index contributed by atoms with van der Waals surface area (Å²) in [5.41, 5.74) is 6.43. The van der Waals surface area contributed by atoms with E-state index >= 15 is 0 Å². The van der Waals surface area contributed by atoms with Crippen LogP contribution in [0.2, 0.25) is 0 Å². The first kappa shape index (κ1) is 18.6. The zero-order valence-electron chi connectivity index (χ0n) is 17.9. The maximum Gasteiger partial charge on any atom is 0.137 e. The van der Waals surface area contributed by atoms with Crippen molar-refractivity contribution in [2.45, 2.75) is 19.8 Å². The van der Waals surface area contributed by atoms with Crippen LogP contribution in [0, 0.1) is 0 Å². The minimum atomic E-state index is 0.484. The van der Waals surface area contributed by atoms with Gasteiger partial charge in [-0.3, -0.25) is 0 Å². The number of hydrogen-bond donors (Lipinski definition) is 1. The van der Waals surface area contributed by atoms with Crippen molar-refractivity contribution in [1.29, 1.82) is 0 Å². The van der Waals surface area contributed by atoms with Gasteiger partial charge in [0, 0.05) is 42.0 Å². The van der Waals surface area contributed by atoms with E-state index < -0.39 is 0 Å². The predicted octanol–water partition coefficient (Wildman–Crippen LogP) is 7.67. The van der Waals surface area contributed by atoms with E-state index in [4.69, 9.17) is 4.42 Å². The van der Waals surface area contributed by atoms with E-state index in [1.54, 1.807) is 0 Å². The first-order chi connectivity index (χ1) is 14.5. The highest BCUT2D eigenvalue weighted by Gasteiger charge is 2.12. The number of hydrogen-bond acceptors (Lipinski definition) is 3. The molecular weight excluding hydrogens is 368 g/mol. The molecule has 1 heterocycles. The van der Waals surface area contributed by atoms with Crippen LogP contribution in [0.5, 0.6) is 0 Å². The highest BCUT2D eigenvalue weighted by molar-refractivity contribution is 6.06. The van der Waals surface area contributed by atoms with Gasteiger partial charge < -0.3 is 14.6 Å². The van der Waals surface area contributed by atoms with Gasteiger partial charge in [0.05, 0.1) is 11.4 Å². The maximum absolute atomic E-state index is 6.22. The predicted molar refractivity (Wildman–Crippen MR) is 129 cm³/mol. The highest BCUT2D eigenvalue weighted by Crippen LogP contribution is 2.37. The molecule has 0 atom stereocenters. The number of fused-ring (bicyclic) bond motifs is 4. The van der Waals surface area contributed by atoms with Crippen LogP contribution in [-0.4, -0.2) is 14.1 Å². The van der Waals surface area contributed by atoms with Crippen LogP contribution in [0.4, 0.5) is 17.1 Å². The van der Waals surface area contributed by atoms with E-state index in [1.165, 1.54) is 27.4 Å². The van der Waals surface area contributed by atoms with Gasteiger partial charge in [0.15, 0.2) is 0 Å². The molecule has 150 valence electrons. The number of nitrogens with zero attached hydrogens (tertiary/aromatic N) is 1. The summed E-state index contributed by atoms with van der Waals surface area (Å²) in [5.74, 6) is 0.484. The summed E-state index contributed by atoms with van der Waals surface area (Å²) in [6.45, 7) is 4.41. The lowest BCUT2D eigenvalue weighted by Gasteiger charge is -2.21. The first-order valence-corrected chi connectivity index (χ1v) is 10.4. The first-order valence-electron chi connectivity index (χ1n) is 10.4. The Labute approximate surface area is 176 Å². The molecule has 0 aliphatic carbocycles. The molecule has 5 aromatic rings. The van der Waals surface area contributed by atoms with Gasteiger partial charge >= 0.3 is 0 Å². The van der Waals surface area contributed by atoms with Crippen molar-refractivity contribution in [2.75, 3.05) is 24.3 Å². The molecule has 0 radical (unpaired) electrons. The van der Waals surface area contributed by atoms with Gasteiger partial charge in [-0.2, -0.15) is 0 Å².